The van der Waals surface area contributed by atoms with E-state index in [9.17, 15) is 13.6 Å². The first kappa shape index (κ1) is 15.6. The number of ether oxygens (including phenoxy) is 2. The van der Waals surface area contributed by atoms with Gasteiger partial charge in [-0.25, -0.2) is 8.78 Å². The Morgan fingerprint density at radius 3 is 2.70 bits per heavy atom. The Hall–Kier alpha value is -2.34. The van der Waals surface area contributed by atoms with Crippen LogP contribution in [0.25, 0.3) is 0 Å². The molecule has 0 unspecified atom stereocenters. The van der Waals surface area contributed by atoms with E-state index in [1.54, 1.807) is 6.07 Å². The first-order chi connectivity index (χ1) is 11.0. The zero-order valence-electron chi connectivity index (χ0n) is 11.9. The summed E-state index contributed by atoms with van der Waals surface area (Å²) in [5.74, 6) is -1.42. The van der Waals surface area contributed by atoms with Crippen molar-refractivity contribution >= 4 is 17.5 Å². The van der Waals surface area contributed by atoms with E-state index in [4.69, 9.17) is 21.1 Å². The number of benzene rings is 2. The largest absolute Gasteiger partial charge is 0.454 e. The lowest BCUT2D eigenvalue weighted by Crippen LogP contribution is -2.26. The summed E-state index contributed by atoms with van der Waals surface area (Å²) in [6.45, 7) is 0.512. The molecule has 2 aromatic carbocycles. The fraction of sp³-hybridized carbons (Fsp3) is 0.188. The molecule has 1 heterocycles. The maximum atomic E-state index is 13.2. The van der Waals surface area contributed by atoms with Gasteiger partial charge in [0.25, 0.3) is 5.91 Å². The van der Waals surface area contributed by atoms with Gasteiger partial charge in [-0.1, -0.05) is 17.7 Å². The average Bonchev–Trinajstić information content (AvgIpc) is 2.98. The standard InChI is InChI=1S/C16H12ClF2NO3/c17-11-7-13(19)12(18)6-10(11)16(21)20-4-3-9-1-2-14-15(5-9)23-8-22-14/h1-2,5-7H,3-4,8H2,(H,20,21). The number of fused-ring (bicyclic) bond motifs is 1. The van der Waals surface area contributed by atoms with Gasteiger partial charge >= 0.3 is 0 Å². The molecule has 0 radical (unpaired) electrons. The highest BCUT2D eigenvalue weighted by molar-refractivity contribution is 6.33. The maximum absolute atomic E-state index is 13.2. The first-order valence-corrected chi connectivity index (χ1v) is 7.23. The Bertz CT molecular complexity index is 767. The normalized spacial score (nSPS) is 12.3. The predicted molar refractivity (Wildman–Crippen MR) is 80.0 cm³/mol. The van der Waals surface area contributed by atoms with Crippen LogP contribution >= 0.6 is 11.6 Å². The second kappa shape index (κ2) is 6.42. The summed E-state index contributed by atoms with van der Waals surface area (Å²) >= 11 is 5.76. The molecule has 1 aliphatic heterocycles. The average molecular weight is 340 g/mol. The van der Waals surface area contributed by atoms with E-state index < -0.39 is 17.5 Å². The van der Waals surface area contributed by atoms with Gasteiger partial charge in [0.2, 0.25) is 6.79 Å². The number of carbonyl (C=O) groups is 1. The predicted octanol–water partition coefficient (Wildman–Crippen LogP) is 3.32. The summed E-state index contributed by atoms with van der Waals surface area (Å²) in [5, 5.41) is 2.48. The number of halogens is 3. The second-order valence-corrected chi connectivity index (χ2v) is 5.35. The van der Waals surface area contributed by atoms with Gasteiger partial charge in [0.15, 0.2) is 23.1 Å². The molecule has 1 amide bonds. The molecule has 0 aromatic heterocycles. The van der Waals surface area contributed by atoms with Crippen LogP contribution in [0, 0.1) is 11.6 Å². The van der Waals surface area contributed by atoms with Crippen molar-refractivity contribution in [3.05, 3.63) is 58.1 Å². The van der Waals surface area contributed by atoms with Crippen molar-refractivity contribution in [2.45, 2.75) is 6.42 Å². The van der Waals surface area contributed by atoms with Crippen LogP contribution in [0.2, 0.25) is 5.02 Å². The molecule has 0 saturated carbocycles. The lowest BCUT2D eigenvalue weighted by atomic mass is 10.1. The van der Waals surface area contributed by atoms with Gasteiger partial charge in [-0.2, -0.15) is 0 Å². The van der Waals surface area contributed by atoms with E-state index in [1.165, 1.54) is 0 Å². The fourth-order valence-corrected chi connectivity index (χ4v) is 2.44. The number of carbonyl (C=O) groups excluding carboxylic acids is 1. The minimum atomic E-state index is -1.12. The van der Waals surface area contributed by atoms with Crippen molar-refractivity contribution in [3.8, 4) is 11.5 Å². The Morgan fingerprint density at radius 1 is 1.13 bits per heavy atom. The van der Waals surface area contributed by atoms with E-state index in [2.05, 4.69) is 5.32 Å². The highest BCUT2D eigenvalue weighted by Crippen LogP contribution is 2.32. The molecule has 4 nitrogen and oxygen atoms in total. The summed E-state index contributed by atoms with van der Waals surface area (Å²) in [6.07, 6.45) is 0.545. The number of hydrogen-bond donors (Lipinski definition) is 1. The highest BCUT2D eigenvalue weighted by Gasteiger charge is 2.15. The summed E-state index contributed by atoms with van der Waals surface area (Å²) in [6, 6.07) is 7.06. The van der Waals surface area contributed by atoms with Crippen LogP contribution in [0.3, 0.4) is 0 Å². The summed E-state index contributed by atoms with van der Waals surface area (Å²) in [4.78, 5) is 12.0. The minimum Gasteiger partial charge on any atom is -0.454 e. The van der Waals surface area contributed by atoms with Gasteiger partial charge in [-0.05, 0) is 36.2 Å². The molecule has 0 atom stereocenters. The lowest BCUT2D eigenvalue weighted by Gasteiger charge is -2.08. The smallest absolute Gasteiger partial charge is 0.252 e. The third kappa shape index (κ3) is 3.37. The molecule has 0 spiro atoms. The Kier molecular flexibility index (Phi) is 4.34. The Morgan fingerprint density at radius 2 is 1.87 bits per heavy atom. The number of hydrogen-bond acceptors (Lipinski definition) is 3. The lowest BCUT2D eigenvalue weighted by molar-refractivity contribution is 0.0953. The molecule has 0 aliphatic carbocycles. The molecule has 23 heavy (non-hydrogen) atoms. The van der Waals surface area contributed by atoms with Gasteiger partial charge < -0.3 is 14.8 Å². The minimum absolute atomic E-state index is 0.101. The highest BCUT2D eigenvalue weighted by atomic mass is 35.5. The van der Waals surface area contributed by atoms with Crippen LogP contribution in [0.4, 0.5) is 8.78 Å². The Labute approximate surface area is 136 Å². The molecular weight excluding hydrogens is 328 g/mol. The van der Waals surface area contributed by atoms with Crippen LogP contribution in [0.1, 0.15) is 15.9 Å². The fourth-order valence-electron chi connectivity index (χ4n) is 2.21. The monoisotopic (exact) mass is 339 g/mol. The Balaban J connectivity index is 1.60. The third-order valence-electron chi connectivity index (χ3n) is 3.39. The molecule has 1 N–H and O–H groups in total. The molecule has 0 bridgehead atoms. The topological polar surface area (TPSA) is 47.6 Å². The number of nitrogens with one attached hydrogen (secondary N) is 1. The van der Waals surface area contributed by atoms with Crippen LogP contribution in [-0.2, 0) is 6.42 Å². The number of amides is 1. The van der Waals surface area contributed by atoms with Gasteiger partial charge in [0.05, 0.1) is 10.6 Å². The van der Waals surface area contributed by atoms with E-state index in [0.29, 0.717) is 24.5 Å². The zero-order chi connectivity index (χ0) is 16.4. The van der Waals surface area contributed by atoms with Gasteiger partial charge in [-0.15, -0.1) is 0 Å². The second-order valence-electron chi connectivity index (χ2n) is 4.94. The van der Waals surface area contributed by atoms with Gasteiger partial charge in [0.1, 0.15) is 0 Å². The van der Waals surface area contributed by atoms with Crippen molar-refractivity contribution in [3.63, 3.8) is 0 Å². The maximum Gasteiger partial charge on any atom is 0.252 e. The van der Waals surface area contributed by atoms with Crippen molar-refractivity contribution in [2.75, 3.05) is 13.3 Å². The third-order valence-corrected chi connectivity index (χ3v) is 3.70. The molecule has 7 heteroatoms. The van der Waals surface area contributed by atoms with E-state index in [0.717, 1.165) is 17.7 Å². The van der Waals surface area contributed by atoms with Crippen molar-refractivity contribution in [1.29, 1.82) is 0 Å². The van der Waals surface area contributed by atoms with Gasteiger partial charge in [-0.3, -0.25) is 4.79 Å². The van der Waals surface area contributed by atoms with E-state index in [1.807, 2.05) is 12.1 Å². The van der Waals surface area contributed by atoms with Crippen molar-refractivity contribution in [1.82, 2.24) is 5.32 Å². The zero-order valence-corrected chi connectivity index (χ0v) is 12.6. The van der Waals surface area contributed by atoms with Crippen LogP contribution < -0.4 is 14.8 Å². The van der Waals surface area contributed by atoms with Gasteiger partial charge in [0, 0.05) is 6.54 Å². The van der Waals surface area contributed by atoms with Crippen LogP contribution in [0.15, 0.2) is 30.3 Å². The summed E-state index contributed by atoms with van der Waals surface area (Å²) < 4.78 is 36.7. The quantitative estimate of drug-likeness (QED) is 0.869. The van der Waals surface area contributed by atoms with E-state index >= 15 is 0 Å². The van der Waals surface area contributed by atoms with Crippen molar-refractivity contribution in [2.24, 2.45) is 0 Å². The molecule has 0 fully saturated rings. The number of rotatable bonds is 4. The van der Waals surface area contributed by atoms with Crippen molar-refractivity contribution < 1.29 is 23.0 Å². The molecule has 120 valence electrons. The van der Waals surface area contributed by atoms with Crippen LogP contribution in [-0.4, -0.2) is 19.2 Å². The first-order valence-electron chi connectivity index (χ1n) is 6.86. The molecular formula is C16H12ClF2NO3. The SMILES string of the molecule is O=C(NCCc1ccc2c(c1)OCO2)c1cc(F)c(F)cc1Cl. The molecule has 2 aromatic rings. The molecule has 1 aliphatic rings. The summed E-state index contributed by atoms with van der Waals surface area (Å²) in [7, 11) is 0. The molecule has 3 rings (SSSR count). The van der Waals surface area contributed by atoms with Crippen LogP contribution in [0.5, 0.6) is 11.5 Å². The van der Waals surface area contributed by atoms with E-state index in [-0.39, 0.29) is 17.4 Å². The summed E-state index contributed by atoms with van der Waals surface area (Å²) in [5.41, 5.74) is 0.849. The molecule has 0 saturated heterocycles.